The van der Waals surface area contributed by atoms with Crippen LogP contribution < -0.4 is 5.73 Å². The predicted octanol–water partition coefficient (Wildman–Crippen LogP) is 3.12. The minimum atomic E-state index is -4.65. The third kappa shape index (κ3) is 4.32. The first-order chi connectivity index (χ1) is 13.7. The van der Waals surface area contributed by atoms with Crippen LogP contribution >= 0.6 is 11.6 Å². The van der Waals surface area contributed by atoms with Crippen LogP contribution in [0.25, 0.3) is 5.70 Å². The number of amides is 1. The van der Waals surface area contributed by atoms with E-state index in [1.54, 1.807) is 4.57 Å². The number of hydrogen-bond donors (Lipinski definition) is 1. The number of benzene rings is 1. The van der Waals surface area contributed by atoms with Gasteiger partial charge in [-0.15, -0.1) is 10.2 Å². The van der Waals surface area contributed by atoms with Crippen molar-refractivity contribution in [3.8, 4) is 0 Å². The molecule has 0 atom stereocenters. The van der Waals surface area contributed by atoms with Crippen molar-refractivity contribution in [2.75, 3.05) is 6.54 Å². The van der Waals surface area contributed by atoms with Crippen molar-refractivity contribution in [1.29, 1.82) is 0 Å². The zero-order valence-electron chi connectivity index (χ0n) is 15.0. The van der Waals surface area contributed by atoms with Crippen LogP contribution in [0.1, 0.15) is 27.6 Å². The van der Waals surface area contributed by atoms with Crippen LogP contribution in [-0.4, -0.2) is 38.3 Å². The fourth-order valence-corrected chi connectivity index (χ4v) is 3.07. The van der Waals surface area contributed by atoms with Crippen LogP contribution in [0.4, 0.5) is 13.2 Å². The number of carbonyl (C=O) groups is 1. The SMILES string of the molecule is C=C/C=N\C=C(/N)c1nnc2n1CCN(C(=O)c1ccc(Cl)c(C(F)(F)F)c1)C2. The lowest BCUT2D eigenvalue weighted by atomic mass is 10.1. The number of alkyl halides is 3. The second-order valence-electron chi connectivity index (χ2n) is 6.13. The molecule has 3 rings (SSSR count). The molecule has 29 heavy (non-hydrogen) atoms. The number of aliphatic imine (C=N–C) groups is 1. The van der Waals surface area contributed by atoms with Gasteiger partial charge in [0.05, 0.1) is 29.0 Å². The zero-order valence-corrected chi connectivity index (χ0v) is 15.8. The number of aromatic nitrogens is 3. The molecule has 2 aromatic rings. The standard InChI is InChI=1S/C18H16ClF3N6O/c1-2-5-24-9-14(23)16-26-25-15-10-27(6-7-28(15)16)17(29)11-3-4-13(19)12(8-11)18(20,21)22/h2-5,8-9H,1,6-7,10,23H2/b14-9-,24-5-. The summed E-state index contributed by atoms with van der Waals surface area (Å²) in [5, 5.41) is 7.59. The summed E-state index contributed by atoms with van der Waals surface area (Å²) < 4.78 is 40.9. The third-order valence-electron chi connectivity index (χ3n) is 4.22. The van der Waals surface area contributed by atoms with Crippen LogP contribution in [0.15, 0.2) is 42.0 Å². The van der Waals surface area contributed by atoms with Gasteiger partial charge >= 0.3 is 6.18 Å². The highest BCUT2D eigenvalue weighted by molar-refractivity contribution is 6.31. The van der Waals surface area contributed by atoms with Crippen molar-refractivity contribution in [3.63, 3.8) is 0 Å². The van der Waals surface area contributed by atoms with Crippen molar-refractivity contribution >= 4 is 29.4 Å². The molecule has 0 radical (unpaired) electrons. The van der Waals surface area contributed by atoms with E-state index in [9.17, 15) is 18.0 Å². The van der Waals surface area contributed by atoms with E-state index < -0.39 is 22.7 Å². The smallest absolute Gasteiger partial charge is 0.394 e. The maximum atomic E-state index is 13.1. The quantitative estimate of drug-likeness (QED) is 0.764. The Morgan fingerprint density at radius 3 is 2.76 bits per heavy atom. The van der Waals surface area contributed by atoms with E-state index in [-0.39, 0.29) is 24.4 Å². The van der Waals surface area contributed by atoms with Crippen molar-refractivity contribution in [2.45, 2.75) is 19.3 Å². The summed E-state index contributed by atoms with van der Waals surface area (Å²) in [4.78, 5) is 18.0. The van der Waals surface area contributed by atoms with Crippen molar-refractivity contribution in [1.82, 2.24) is 19.7 Å². The topological polar surface area (TPSA) is 89.4 Å². The summed E-state index contributed by atoms with van der Waals surface area (Å²) in [7, 11) is 0. The first-order valence-corrected chi connectivity index (χ1v) is 8.78. The molecule has 0 spiro atoms. The lowest BCUT2D eigenvalue weighted by Gasteiger charge is -2.28. The van der Waals surface area contributed by atoms with Gasteiger partial charge in [-0.3, -0.25) is 9.79 Å². The van der Waals surface area contributed by atoms with Gasteiger partial charge in [-0.05, 0) is 18.2 Å². The van der Waals surface area contributed by atoms with Crippen LogP contribution in [0.3, 0.4) is 0 Å². The van der Waals surface area contributed by atoms with Gasteiger partial charge in [0.2, 0.25) is 0 Å². The molecule has 1 aliphatic heterocycles. The van der Waals surface area contributed by atoms with E-state index in [4.69, 9.17) is 17.3 Å². The Morgan fingerprint density at radius 1 is 1.31 bits per heavy atom. The van der Waals surface area contributed by atoms with Crippen LogP contribution in [0, 0.1) is 0 Å². The molecule has 2 N–H and O–H groups in total. The molecule has 1 aromatic heterocycles. The van der Waals surface area contributed by atoms with Crippen LogP contribution in [0.2, 0.25) is 5.02 Å². The summed E-state index contributed by atoms with van der Waals surface area (Å²) in [5.74, 6) is 0.315. The maximum Gasteiger partial charge on any atom is 0.417 e. The molecule has 0 saturated heterocycles. The summed E-state index contributed by atoms with van der Waals surface area (Å²) in [6.45, 7) is 4.18. The van der Waals surface area contributed by atoms with Crippen LogP contribution in [0.5, 0.6) is 0 Å². The van der Waals surface area contributed by atoms with Gasteiger partial charge < -0.3 is 15.2 Å². The second kappa shape index (κ2) is 8.08. The highest BCUT2D eigenvalue weighted by Gasteiger charge is 2.34. The van der Waals surface area contributed by atoms with E-state index in [1.807, 2.05) is 0 Å². The molecular formula is C18H16ClF3N6O. The fourth-order valence-electron chi connectivity index (χ4n) is 2.84. The molecule has 7 nitrogen and oxygen atoms in total. The number of nitrogens with two attached hydrogens (primary N) is 1. The molecule has 0 fully saturated rings. The molecule has 0 aliphatic carbocycles. The summed E-state index contributed by atoms with van der Waals surface area (Å²) >= 11 is 5.62. The summed E-state index contributed by atoms with van der Waals surface area (Å²) in [6.07, 6.45) is -0.291. The molecule has 0 unspecified atom stereocenters. The van der Waals surface area contributed by atoms with E-state index >= 15 is 0 Å². The largest absolute Gasteiger partial charge is 0.417 e. The Kier molecular flexibility index (Phi) is 5.73. The molecule has 2 heterocycles. The Bertz CT molecular complexity index is 1010. The normalized spacial score (nSPS) is 14.9. The Hall–Kier alpha value is -3.14. The van der Waals surface area contributed by atoms with E-state index in [1.165, 1.54) is 29.5 Å². The predicted molar refractivity (Wildman–Crippen MR) is 102 cm³/mol. The highest BCUT2D eigenvalue weighted by atomic mass is 35.5. The molecular weight excluding hydrogens is 409 g/mol. The summed E-state index contributed by atoms with van der Waals surface area (Å²) in [6, 6.07) is 3.09. The van der Waals surface area contributed by atoms with Gasteiger partial charge in [0.25, 0.3) is 5.91 Å². The monoisotopic (exact) mass is 424 g/mol. The molecule has 1 amide bonds. The Morgan fingerprint density at radius 2 is 2.07 bits per heavy atom. The van der Waals surface area contributed by atoms with Gasteiger partial charge in [0.15, 0.2) is 11.6 Å². The minimum absolute atomic E-state index is 0.0824. The molecule has 0 bridgehead atoms. The second-order valence-corrected chi connectivity index (χ2v) is 6.54. The lowest BCUT2D eigenvalue weighted by Crippen LogP contribution is -2.39. The molecule has 0 saturated carbocycles. The van der Waals surface area contributed by atoms with Gasteiger partial charge in [0.1, 0.15) is 0 Å². The number of fused-ring (bicyclic) bond motifs is 1. The van der Waals surface area contributed by atoms with Gasteiger partial charge in [-0.1, -0.05) is 24.3 Å². The van der Waals surface area contributed by atoms with E-state index in [0.717, 1.165) is 12.1 Å². The minimum Gasteiger partial charge on any atom is -0.394 e. The Balaban J connectivity index is 1.82. The van der Waals surface area contributed by atoms with Crippen molar-refractivity contribution in [3.05, 3.63) is 64.9 Å². The zero-order chi connectivity index (χ0) is 21.2. The first-order valence-electron chi connectivity index (χ1n) is 8.40. The number of halogens is 4. The van der Waals surface area contributed by atoms with Crippen molar-refractivity contribution in [2.24, 2.45) is 10.7 Å². The number of rotatable bonds is 4. The average Bonchev–Trinajstić information content (AvgIpc) is 3.10. The Labute approximate surface area is 169 Å². The number of carbonyl (C=O) groups excluding carboxylic acids is 1. The number of hydrogen-bond acceptors (Lipinski definition) is 5. The molecule has 152 valence electrons. The molecule has 1 aliphatic rings. The number of nitrogens with zero attached hydrogens (tertiary/aromatic N) is 5. The third-order valence-corrected chi connectivity index (χ3v) is 4.55. The average molecular weight is 425 g/mol. The number of allylic oxidation sites excluding steroid dienone is 1. The molecule has 11 heteroatoms. The summed E-state index contributed by atoms with van der Waals surface area (Å²) in [5.41, 5.74) is 5.08. The highest BCUT2D eigenvalue weighted by Crippen LogP contribution is 2.35. The fraction of sp³-hybridized carbons (Fsp3) is 0.222. The van der Waals surface area contributed by atoms with Gasteiger partial charge in [-0.2, -0.15) is 13.2 Å². The van der Waals surface area contributed by atoms with E-state index in [2.05, 4.69) is 21.8 Å². The lowest BCUT2D eigenvalue weighted by molar-refractivity contribution is -0.137. The first kappa shape index (κ1) is 20.6. The maximum absolute atomic E-state index is 13.1. The van der Waals surface area contributed by atoms with Gasteiger partial charge in [-0.25, -0.2) is 0 Å². The molecule has 1 aromatic carbocycles. The van der Waals surface area contributed by atoms with Crippen LogP contribution in [-0.2, 0) is 19.3 Å². The van der Waals surface area contributed by atoms with E-state index in [0.29, 0.717) is 18.2 Å². The van der Waals surface area contributed by atoms with Crippen molar-refractivity contribution < 1.29 is 18.0 Å². The van der Waals surface area contributed by atoms with Gasteiger partial charge in [0, 0.05) is 24.9 Å².